The van der Waals surface area contributed by atoms with E-state index in [1.165, 1.54) is 18.5 Å². The Morgan fingerprint density at radius 1 is 1.30 bits per heavy atom. The normalized spacial score (nSPS) is 14.8. The average molecular weight is 335 g/mol. The van der Waals surface area contributed by atoms with Crippen LogP contribution in [-0.2, 0) is 23.6 Å². The van der Waals surface area contributed by atoms with Crippen LogP contribution in [0.4, 0.5) is 0 Å². The van der Waals surface area contributed by atoms with E-state index in [0.717, 1.165) is 5.69 Å². The third kappa shape index (κ3) is 4.56. The number of hydrogen-bond acceptors (Lipinski definition) is 4. The van der Waals surface area contributed by atoms with E-state index in [1.54, 1.807) is 12.1 Å². The van der Waals surface area contributed by atoms with Crippen molar-refractivity contribution in [1.82, 2.24) is 14.5 Å². The highest BCUT2D eigenvalue weighted by atomic mass is 32.2. The molecule has 1 fully saturated rings. The molecule has 23 heavy (non-hydrogen) atoms. The fourth-order valence-corrected chi connectivity index (χ4v) is 3.25. The molecule has 3 rings (SSSR count). The van der Waals surface area contributed by atoms with E-state index in [-0.39, 0.29) is 18.9 Å². The minimum atomic E-state index is -3.38. The van der Waals surface area contributed by atoms with Crippen LogP contribution in [0.3, 0.4) is 0 Å². The van der Waals surface area contributed by atoms with Crippen molar-refractivity contribution in [3.05, 3.63) is 47.8 Å². The third-order valence-corrected chi connectivity index (χ3v) is 5.09. The molecule has 0 radical (unpaired) electrons. The van der Waals surface area contributed by atoms with Crippen molar-refractivity contribution in [2.24, 2.45) is 7.05 Å². The highest BCUT2D eigenvalue weighted by Gasteiger charge is 2.27. The summed E-state index contributed by atoms with van der Waals surface area (Å²) in [6.07, 6.45) is 2.39. The molecule has 0 bridgehead atoms. The second kappa shape index (κ2) is 6.72. The zero-order chi connectivity index (χ0) is 16.3. The summed E-state index contributed by atoms with van der Waals surface area (Å²) in [5.74, 6) is 1.18. The Bertz CT molecular complexity index is 752. The Morgan fingerprint density at radius 3 is 2.74 bits per heavy atom. The lowest BCUT2D eigenvalue weighted by atomic mass is 10.2. The fraction of sp³-hybridized carbons (Fsp3) is 0.438. The summed E-state index contributed by atoms with van der Waals surface area (Å²) >= 11 is 0. The molecule has 0 atom stereocenters. The molecule has 7 heteroatoms. The van der Waals surface area contributed by atoms with Gasteiger partial charge in [0.15, 0.2) is 0 Å². The van der Waals surface area contributed by atoms with Gasteiger partial charge in [-0.1, -0.05) is 18.2 Å². The van der Waals surface area contributed by atoms with Crippen LogP contribution >= 0.6 is 0 Å². The largest absolute Gasteiger partial charge is 0.492 e. The summed E-state index contributed by atoms with van der Waals surface area (Å²) in [7, 11) is -1.48. The van der Waals surface area contributed by atoms with Gasteiger partial charge in [-0.15, -0.1) is 0 Å². The predicted octanol–water partition coefficient (Wildman–Crippen LogP) is 1.80. The van der Waals surface area contributed by atoms with E-state index in [4.69, 9.17) is 4.74 Å². The van der Waals surface area contributed by atoms with Gasteiger partial charge in [0.1, 0.15) is 12.4 Å². The number of nitrogens with one attached hydrogen (secondary N) is 1. The lowest BCUT2D eigenvalue weighted by Gasteiger charge is -2.07. The van der Waals surface area contributed by atoms with Gasteiger partial charge in [0.25, 0.3) is 0 Å². The molecule has 1 aromatic carbocycles. The Kier molecular flexibility index (Phi) is 4.68. The number of benzene rings is 1. The number of aryl methyl sites for hydroxylation is 1. The van der Waals surface area contributed by atoms with Gasteiger partial charge in [-0.3, -0.25) is 4.68 Å². The lowest BCUT2D eigenvalue weighted by Crippen LogP contribution is -2.28. The molecule has 1 aliphatic carbocycles. The summed E-state index contributed by atoms with van der Waals surface area (Å²) in [5, 5.41) is 4.36. The minimum absolute atomic E-state index is 0.0792. The summed E-state index contributed by atoms with van der Waals surface area (Å²) in [4.78, 5) is 0. The van der Waals surface area contributed by atoms with Crippen LogP contribution in [0.25, 0.3) is 0 Å². The highest BCUT2D eigenvalue weighted by Crippen LogP contribution is 2.39. The Morgan fingerprint density at radius 2 is 2.04 bits per heavy atom. The SMILES string of the molecule is Cn1nc(CNS(=O)(=O)CCOc2ccccc2)cc1C1CC1. The van der Waals surface area contributed by atoms with E-state index in [1.807, 2.05) is 36.0 Å². The van der Waals surface area contributed by atoms with Crippen LogP contribution in [0, 0.1) is 0 Å². The second-order valence-electron chi connectivity index (χ2n) is 5.76. The number of sulfonamides is 1. The average Bonchev–Trinajstić information content (AvgIpc) is 3.30. The first-order valence-electron chi connectivity index (χ1n) is 7.71. The Hall–Kier alpha value is -1.86. The Labute approximate surface area is 136 Å². The third-order valence-electron chi connectivity index (χ3n) is 3.80. The first-order chi connectivity index (χ1) is 11.0. The molecular weight excluding hydrogens is 314 g/mol. The zero-order valence-corrected chi connectivity index (χ0v) is 13.9. The molecule has 2 aromatic rings. The van der Waals surface area contributed by atoms with Gasteiger partial charge in [-0.25, -0.2) is 13.1 Å². The van der Waals surface area contributed by atoms with Crippen LogP contribution in [0.2, 0.25) is 0 Å². The topological polar surface area (TPSA) is 73.2 Å². The van der Waals surface area contributed by atoms with Crippen molar-refractivity contribution in [1.29, 1.82) is 0 Å². The number of hydrogen-bond donors (Lipinski definition) is 1. The van der Waals surface area contributed by atoms with Crippen LogP contribution < -0.4 is 9.46 Å². The first kappa shape index (κ1) is 16.0. The first-order valence-corrected chi connectivity index (χ1v) is 9.37. The number of para-hydroxylation sites is 1. The summed E-state index contributed by atoms with van der Waals surface area (Å²) in [6, 6.07) is 11.2. The molecule has 124 valence electrons. The van der Waals surface area contributed by atoms with Crippen LogP contribution in [0.15, 0.2) is 36.4 Å². The summed E-state index contributed by atoms with van der Waals surface area (Å²) < 4.78 is 33.9. The lowest BCUT2D eigenvalue weighted by molar-refractivity contribution is 0.340. The molecule has 1 N–H and O–H groups in total. The molecule has 0 amide bonds. The van der Waals surface area contributed by atoms with Gasteiger partial charge in [0.05, 0.1) is 18.0 Å². The molecule has 0 spiro atoms. The van der Waals surface area contributed by atoms with Gasteiger partial charge in [-0.2, -0.15) is 5.10 Å². The van der Waals surface area contributed by atoms with Gasteiger partial charge in [0, 0.05) is 18.7 Å². The van der Waals surface area contributed by atoms with E-state index < -0.39 is 10.0 Å². The maximum absolute atomic E-state index is 12.0. The molecule has 0 saturated heterocycles. The predicted molar refractivity (Wildman–Crippen MR) is 87.7 cm³/mol. The van der Waals surface area contributed by atoms with Gasteiger partial charge in [-0.05, 0) is 31.0 Å². The quantitative estimate of drug-likeness (QED) is 0.798. The number of ether oxygens (including phenoxy) is 1. The van der Waals surface area contributed by atoms with Crippen molar-refractivity contribution in [3.63, 3.8) is 0 Å². The highest BCUT2D eigenvalue weighted by molar-refractivity contribution is 7.89. The van der Waals surface area contributed by atoms with Crippen molar-refractivity contribution in [3.8, 4) is 5.75 Å². The molecule has 0 aliphatic heterocycles. The zero-order valence-electron chi connectivity index (χ0n) is 13.1. The van der Waals surface area contributed by atoms with E-state index in [0.29, 0.717) is 11.7 Å². The van der Waals surface area contributed by atoms with Crippen LogP contribution in [0.5, 0.6) is 5.75 Å². The van der Waals surface area contributed by atoms with E-state index >= 15 is 0 Å². The van der Waals surface area contributed by atoms with E-state index in [9.17, 15) is 8.42 Å². The Balaban J connectivity index is 1.47. The molecule has 1 saturated carbocycles. The van der Waals surface area contributed by atoms with Gasteiger partial charge in [0.2, 0.25) is 10.0 Å². The summed E-state index contributed by atoms with van der Waals surface area (Å²) in [5.41, 5.74) is 1.94. The second-order valence-corrected chi connectivity index (χ2v) is 7.69. The van der Waals surface area contributed by atoms with Crippen LogP contribution in [-0.4, -0.2) is 30.6 Å². The van der Waals surface area contributed by atoms with Crippen molar-refractivity contribution < 1.29 is 13.2 Å². The number of rotatable bonds is 8. The molecule has 1 aromatic heterocycles. The van der Waals surface area contributed by atoms with Crippen molar-refractivity contribution >= 4 is 10.0 Å². The maximum Gasteiger partial charge on any atom is 0.215 e. The number of aromatic nitrogens is 2. The van der Waals surface area contributed by atoms with Gasteiger partial charge >= 0.3 is 0 Å². The monoisotopic (exact) mass is 335 g/mol. The molecule has 1 aliphatic rings. The molecule has 6 nitrogen and oxygen atoms in total. The molecule has 1 heterocycles. The summed E-state index contributed by atoms with van der Waals surface area (Å²) in [6.45, 7) is 0.336. The number of nitrogens with zero attached hydrogens (tertiary/aromatic N) is 2. The molecule has 0 unspecified atom stereocenters. The fourth-order valence-electron chi connectivity index (χ4n) is 2.43. The maximum atomic E-state index is 12.0. The van der Waals surface area contributed by atoms with Gasteiger partial charge < -0.3 is 4.74 Å². The minimum Gasteiger partial charge on any atom is -0.492 e. The smallest absolute Gasteiger partial charge is 0.215 e. The standard InChI is InChI=1S/C16H21N3O3S/c1-19-16(13-7-8-13)11-14(18-19)12-17-23(20,21)10-9-22-15-5-3-2-4-6-15/h2-6,11,13,17H,7-10,12H2,1H3. The van der Waals surface area contributed by atoms with Crippen LogP contribution in [0.1, 0.15) is 30.1 Å². The van der Waals surface area contributed by atoms with Crippen molar-refractivity contribution in [2.75, 3.05) is 12.4 Å². The van der Waals surface area contributed by atoms with E-state index in [2.05, 4.69) is 9.82 Å². The van der Waals surface area contributed by atoms with Crippen molar-refractivity contribution in [2.45, 2.75) is 25.3 Å². The molecular formula is C16H21N3O3S.